The third kappa shape index (κ3) is 4.18. The van der Waals surface area contributed by atoms with Crippen molar-refractivity contribution in [2.75, 3.05) is 13.1 Å². The van der Waals surface area contributed by atoms with Gasteiger partial charge in [0.2, 0.25) is 5.91 Å². The highest BCUT2D eigenvalue weighted by Gasteiger charge is 2.24. The maximum atomic E-state index is 12.4. The molecule has 0 spiro atoms. The molecule has 122 valence electrons. The highest BCUT2D eigenvalue weighted by molar-refractivity contribution is 5.76. The fourth-order valence-corrected chi connectivity index (χ4v) is 3.15. The van der Waals surface area contributed by atoms with E-state index in [-0.39, 0.29) is 5.91 Å². The summed E-state index contributed by atoms with van der Waals surface area (Å²) in [4.78, 5) is 18.8. The van der Waals surface area contributed by atoms with Gasteiger partial charge in [-0.05, 0) is 50.3 Å². The zero-order valence-electron chi connectivity index (χ0n) is 13.7. The van der Waals surface area contributed by atoms with Gasteiger partial charge in [-0.15, -0.1) is 0 Å². The van der Waals surface area contributed by atoms with E-state index in [1.807, 2.05) is 40.9 Å². The van der Waals surface area contributed by atoms with Crippen LogP contribution in [0, 0.1) is 6.92 Å². The molecule has 0 N–H and O–H groups in total. The van der Waals surface area contributed by atoms with E-state index in [9.17, 15) is 4.79 Å². The van der Waals surface area contributed by atoms with Gasteiger partial charge >= 0.3 is 0 Å². The normalized spacial score (nSPS) is 18.1. The van der Waals surface area contributed by atoms with Crippen molar-refractivity contribution >= 4 is 5.91 Å². The maximum Gasteiger partial charge on any atom is 0.222 e. The standard InChI is InChI=1S/C18H24N4O/c1-15-12-20-22(13-15)17-8-5-11-21(14-17)18(23)9-4-7-16-6-2-3-10-19-16/h2-3,6,10,12-13,17H,4-5,7-9,11,14H2,1H3. The Morgan fingerprint density at radius 1 is 1.39 bits per heavy atom. The van der Waals surface area contributed by atoms with E-state index in [2.05, 4.69) is 16.3 Å². The first-order valence-corrected chi connectivity index (χ1v) is 8.41. The number of hydrogen-bond acceptors (Lipinski definition) is 3. The molecule has 1 aliphatic rings. The first-order chi connectivity index (χ1) is 11.2. The molecule has 0 bridgehead atoms. The van der Waals surface area contributed by atoms with Gasteiger partial charge in [0, 0.05) is 37.6 Å². The van der Waals surface area contributed by atoms with Crippen molar-refractivity contribution in [2.45, 2.75) is 45.1 Å². The minimum Gasteiger partial charge on any atom is -0.341 e. The van der Waals surface area contributed by atoms with Crippen LogP contribution in [-0.2, 0) is 11.2 Å². The topological polar surface area (TPSA) is 51.0 Å². The minimum atomic E-state index is 0.259. The molecule has 1 saturated heterocycles. The number of carbonyl (C=O) groups excluding carboxylic acids is 1. The number of hydrogen-bond donors (Lipinski definition) is 0. The summed E-state index contributed by atoms with van der Waals surface area (Å²) in [6.45, 7) is 3.70. The summed E-state index contributed by atoms with van der Waals surface area (Å²) in [5.74, 6) is 0.259. The van der Waals surface area contributed by atoms with E-state index < -0.39 is 0 Å². The number of carbonyl (C=O) groups is 1. The number of likely N-dealkylation sites (tertiary alicyclic amines) is 1. The molecule has 5 heteroatoms. The first-order valence-electron chi connectivity index (χ1n) is 8.41. The molecule has 2 aromatic rings. The average Bonchev–Trinajstić information content (AvgIpc) is 3.02. The second-order valence-electron chi connectivity index (χ2n) is 6.31. The van der Waals surface area contributed by atoms with Gasteiger partial charge < -0.3 is 4.90 Å². The monoisotopic (exact) mass is 312 g/mol. The summed E-state index contributed by atoms with van der Waals surface area (Å²) < 4.78 is 2.02. The predicted octanol–water partition coefficient (Wildman–Crippen LogP) is 2.77. The van der Waals surface area contributed by atoms with Crippen molar-refractivity contribution < 1.29 is 4.79 Å². The molecule has 2 aromatic heterocycles. The number of piperidine rings is 1. The van der Waals surface area contributed by atoms with Crippen LogP contribution < -0.4 is 0 Å². The number of nitrogens with zero attached hydrogens (tertiary/aromatic N) is 4. The molecule has 1 amide bonds. The summed E-state index contributed by atoms with van der Waals surface area (Å²) >= 11 is 0. The van der Waals surface area contributed by atoms with Gasteiger partial charge in [0.05, 0.1) is 12.2 Å². The summed E-state index contributed by atoms with van der Waals surface area (Å²) in [5.41, 5.74) is 2.23. The second-order valence-corrected chi connectivity index (χ2v) is 6.31. The Labute approximate surface area is 137 Å². The fraction of sp³-hybridized carbons (Fsp3) is 0.500. The zero-order chi connectivity index (χ0) is 16.1. The van der Waals surface area contributed by atoms with Gasteiger partial charge in [0.1, 0.15) is 0 Å². The lowest BCUT2D eigenvalue weighted by Gasteiger charge is -2.33. The molecule has 1 aliphatic heterocycles. The largest absolute Gasteiger partial charge is 0.341 e. The van der Waals surface area contributed by atoms with E-state index in [0.29, 0.717) is 12.5 Å². The number of amides is 1. The van der Waals surface area contributed by atoms with Crippen LogP contribution in [0.15, 0.2) is 36.8 Å². The van der Waals surface area contributed by atoms with Crippen LogP contribution in [0.1, 0.15) is 43.0 Å². The van der Waals surface area contributed by atoms with Crippen molar-refractivity contribution in [2.24, 2.45) is 0 Å². The average molecular weight is 312 g/mol. The number of rotatable bonds is 5. The Morgan fingerprint density at radius 3 is 3.04 bits per heavy atom. The van der Waals surface area contributed by atoms with E-state index in [4.69, 9.17) is 0 Å². The zero-order valence-corrected chi connectivity index (χ0v) is 13.7. The molecule has 3 rings (SSSR count). The summed E-state index contributed by atoms with van der Waals surface area (Å²) in [5, 5.41) is 4.41. The highest BCUT2D eigenvalue weighted by Crippen LogP contribution is 2.22. The van der Waals surface area contributed by atoms with Crippen molar-refractivity contribution in [1.82, 2.24) is 19.7 Å². The summed E-state index contributed by atoms with van der Waals surface area (Å²) in [6.07, 6.45) is 10.2. The van der Waals surface area contributed by atoms with Crippen molar-refractivity contribution in [3.8, 4) is 0 Å². The molecule has 0 aromatic carbocycles. The maximum absolute atomic E-state index is 12.4. The second kappa shape index (κ2) is 7.40. The van der Waals surface area contributed by atoms with Crippen LogP contribution in [0.2, 0.25) is 0 Å². The fourth-order valence-electron chi connectivity index (χ4n) is 3.15. The molecular weight excluding hydrogens is 288 g/mol. The van der Waals surface area contributed by atoms with Gasteiger partial charge in [-0.1, -0.05) is 6.07 Å². The van der Waals surface area contributed by atoms with Crippen LogP contribution in [0.4, 0.5) is 0 Å². The van der Waals surface area contributed by atoms with E-state index in [0.717, 1.165) is 44.5 Å². The molecule has 3 heterocycles. The van der Waals surface area contributed by atoms with Crippen LogP contribution in [0.5, 0.6) is 0 Å². The molecule has 1 atom stereocenters. The quantitative estimate of drug-likeness (QED) is 0.853. The SMILES string of the molecule is Cc1cnn(C2CCCN(C(=O)CCCc3ccccn3)C2)c1. The van der Waals surface area contributed by atoms with E-state index in [1.54, 1.807) is 6.20 Å². The summed E-state index contributed by atoms with van der Waals surface area (Å²) in [6, 6.07) is 6.24. The van der Waals surface area contributed by atoms with Crippen molar-refractivity contribution in [1.29, 1.82) is 0 Å². The molecule has 0 radical (unpaired) electrons. The van der Waals surface area contributed by atoms with Crippen molar-refractivity contribution in [3.63, 3.8) is 0 Å². The third-order valence-corrected chi connectivity index (χ3v) is 4.40. The van der Waals surface area contributed by atoms with Crippen LogP contribution in [-0.4, -0.2) is 38.7 Å². The highest BCUT2D eigenvalue weighted by atomic mass is 16.2. The summed E-state index contributed by atoms with van der Waals surface area (Å²) in [7, 11) is 0. The Balaban J connectivity index is 1.49. The van der Waals surface area contributed by atoms with Gasteiger partial charge in [-0.25, -0.2) is 0 Å². The lowest BCUT2D eigenvalue weighted by atomic mass is 10.0. The van der Waals surface area contributed by atoms with Gasteiger partial charge in [0.25, 0.3) is 0 Å². The minimum absolute atomic E-state index is 0.259. The Morgan fingerprint density at radius 2 is 2.30 bits per heavy atom. The lowest BCUT2D eigenvalue weighted by molar-refractivity contribution is -0.133. The predicted molar refractivity (Wildman–Crippen MR) is 89.0 cm³/mol. The van der Waals surface area contributed by atoms with Gasteiger partial charge in [0.15, 0.2) is 0 Å². The van der Waals surface area contributed by atoms with Crippen LogP contribution >= 0.6 is 0 Å². The first kappa shape index (κ1) is 15.7. The molecule has 5 nitrogen and oxygen atoms in total. The Bertz CT molecular complexity index is 637. The number of pyridine rings is 1. The number of aryl methyl sites for hydroxylation is 2. The van der Waals surface area contributed by atoms with Gasteiger partial charge in [-0.2, -0.15) is 5.10 Å². The lowest BCUT2D eigenvalue weighted by Crippen LogP contribution is -2.40. The number of aromatic nitrogens is 3. The molecule has 1 unspecified atom stereocenters. The van der Waals surface area contributed by atoms with Crippen LogP contribution in [0.3, 0.4) is 0 Å². The molecule has 23 heavy (non-hydrogen) atoms. The van der Waals surface area contributed by atoms with Gasteiger partial charge in [-0.3, -0.25) is 14.5 Å². The Kier molecular flexibility index (Phi) is 5.05. The Hall–Kier alpha value is -2.17. The van der Waals surface area contributed by atoms with Crippen LogP contribution in [0.25, 0.3) is 0 Å². The molecule has 1 fully saturated rings. The molecule has 0 saturated carbocycles. The molecule has 0 aliphatic carbocycles. The third-order valence-electron chi connectivity index (χ3n) is 4.40. The molecular formula is C18H24N4O. The van der Waals surface area contributed by atoms with Crippen molar-refractivity contribution in [3.05, 3.63) is 48.0 Å². The van der Waals surface area contributed by atoms with E-state index in [1.165, 1.54) is 5.56 Å². The van der Waals surface area contributed by atoms with E-state index >= 15 is 0 Å². The smallest absolute Gasteiger partial charge is 0.222 e.